The normalized spacial score (nSPS) is 30.9. The fourth-order valence-electron chi connectivity index (χ4n) is 2.19. The number of carbonyl (C=O) groups is 1. The van der Waals surface area contributed by atoms with Gasteiger partial charge in [-0.05, 0) is 18.6 Å². The van der Waals surface area contributed by atoms with Gasteiger partial charge in [0.2, 0.25) is 0 Å². The molecular formula is C10H18N2O2S. The molecule has 2 rings (SSSR count). The Kier molecular flexibility index (Phi) is 3.75. The summed E-state index contributed by atoms with van der Waals surface area (Å²) < 4.78 is 4.71. The molecule has 4 nitrogen and oxygen atoms in total. The molecule has 1 amide bonds. The summed E-state index contributed by atoms with van der Waals surface area (Å²) in [6, 6.07) is 1.12. The second kappa shape index (κ2) is 5.07. The quantitative estimate of drug-likeness (QED) is 0.766. The Morgan fingerprint density at radius 3 is 3.00 bits per heavy atom. The highest BCUT2D eigenvalue weighted by molar-refractivity contribution is 7.99. The van der Waals surface area contributed by atoms with Crippen LogP contribution in [0.2, 0.25) is 0 Å². The van der Waals surface area contributed by atoms with Gasteiger partial charge >= 0.3 is 6.09 Å². The van der Waals surface area contributed by atoms with Gasteiger partial charge in [0.1, 0.15) is 0 Å². The Morgan fingerprint density at radius 2 is 2.33 bits per heavy atom. The van der Waals surface area contributed by atoms with Crippen LogP contribution >= 0.6 is 11.8 Å². The summed E-state index contributed by atoms with van der Waals surface area (Å²) in [5.41, 5.74) is 0. The predicted octanol–water partition coefficient (Wildman–Crippen LogP) is 0.922. The van der Waals surface area contributed by atoms with Crippen LogP contribution in [0.5, 0.6) is 0 Å². The van der Waals surface area contributed by atoms with E-state index in [0.717, 1.165) is 19.5 Å². The maximum absolute atomic E-state index is 11.3. The van der Waals surface area contributed by atoms with Crippen molar-refractivity contribution in [3.8, 4) is 0 Å². The van der Waals surface area contributed by atoms with Gasteiger partial charge in [-0.25, -0.2) is 4.79 Å². The lowest BCUT2D eigenvalue weighted by Gasteiger charge is -2.18. The van der Waals surface area contributed by atoms with E-state index in [0.29, 0.717) is 12.1 Å². The van der Waals surface area contributed by atoms with Crippen molar-refractivity contribution in [2.24, 2.45) is 0 Å². The van der Waals surface area contributed by atoms with Crippen molar-refractivity contribution in [2.45, 2.75) is 24.9 Å². The second-order valence-corrected chi connectivity index (χ2v) is 5.28. The topological polar surface area (TPSA) is 41.6 Å². The number of hydrogen-bond donors (Lipinski definition) is 1. The Bertz CT molecular complexity index is 231. The van der Waals surface area contributed by atoms with Crippen molar-refractivity contribution >= 4 is 17.9 Å². The fraction of sp³-hybridized carbons (Fsp3) is 0.900. The molecule has 0 aromatic carbocycles. The molecule has 2 unspecified atom stereocenters. The molecule has 86 valence electrons. The minimum Gasteiger partial charge on any atom is -0.453 e. The number of amides is 1. The molecule has 2 fully saturated rings. The van der Waals surface area contributed by atoms with E-state index in [2.05, 4.69) is 5.32 Å². The van der Waals surface area contributed by atoms with Crippen LogP contribution in [0.1, 0.15) is 12.8 Å². The van der Waals surface area contributed by atoms with Gasteiger partial charge < -0.3 is 15.0 Å². The lowest BCUT2D eigenvalue weighted by molar-refractivity contribution is 0.132. The summed E-state index contributed by atoms with van der Waals surface area (Å²) in [5.74, 6) is 2.49. The second-order valence-electron chi connectivity index (χ2n) is 4.13. The first-order valence-electron chi connectivity index (χ1n) is 5.46. The lowest BCUT2D eigenvalue weighted by Crippen LogP contribution is -2.41. The molecule has 0 saturated carbocycles. The number of likely N-dealkylation sites (tertiary alicyclic amines) is 1. The van der Waals surface area contributed by atoms with E-state index in [4.69, 9.17) is 4.74 Å². The maximum atomic E-state index is 11.3. The first-order valence-corrected chi connectivity index (χ1v) is 6.61. The lowest BCUT2D eigenvalue weighted by atomic mass is 10.2. The summed E-state index contributed by atoms with van der Waals surface area (Å²) in [6.07, 6.45) is 2.12. The molecule has 1 N–H and O–H groups in total. The molecular weight excluding hydrogens is 212 g/mol. The smallest absolute Gasteiger partial charge is 0.409 e. The molecule has 2 aliphatic heterocycles. The molecule has 0 bridgehead atoms. The average molecular weight is 230 g/mol. The largest absolute Gasteiger partial charge is 0.453 e. The van der Waals surface area contributed by atoms with E-state index in [1.165, 1.54) is 25.0 Å². The number of hydrogen-bond acceptors (Lipinski definition) is 4. The van der Waals surface area contributed by atoms with Crippen molar-refractivity contribution in [3.63, 3.8) is 0 Å². The van der Waals surface area contributed by atoms with Gasteiger partial charge in [-0.1, -0.05) is 0 Å². The van der Waals surface area contributed by atoms with Gasteiger partial charge in [0.25, 0.3) is 0 Å². The number of ether oxygens (including phenoxy) is 1. The van der Waals surface area contributed by atoms with Crippen LogP contribution in [0.25, 0.3) is 0 Å². The molecule has 15 heavy (non-hydrogen) atoms. The van der Waals surface area contributed by atoms with E-state index in [-0.39, 0.29) is 6.09 Å². The van der Waals surface area contributed by atoms with E-state index in [1.54, 1.807) is 4.90 Å². The summed E-state index contributed by atoms with van der Waals surface area (Å²) in [7, 11) is 1.44. The van der Waals surface area contributed by atoms with Gasteiger partial charge in [0, 0.05) is 30.9 Å². The van der Waals surface area contributed by atoms with Crippen molar-refractivity contribution in [1.82, 2.24) is 10.2 Å². The van der Waals surface area contributed by atoms with E-state index in [9.17, 15) is 4.79 Å². The molecule has 5 heteroatoms. The zero-order valence-corrected chi connectivity index (χ0v) is 9.89. The molecule has 0 aromatic heterocycles. The Labute approximate surface area is 94.7 Å². The fourth-order valence-corrected chi connectivity index (χ4v) is 3.36. The zero-order chi connectivity index (χ0) is 10.7. The number of nitrogens with one attached hydrogen (secondary N) is 1. The van der Waals surface area contributed by atoms with Gasteiger partial charge in [0.15, 0.2) is 0 Å². The van der Waals surface area contributed by atoms with Crippen LogP contribution < -0.4 is 5.32 Å². The van der Waals surface area contributed by atoms with Crippen LogP contribution in [0.3, 0.4) is 0 Å². The van der Waals surface area contributed by atoms with Crippen molar-refractivity contribution in [1.29, 1.82) is 0 Å². The molecule has 0 spiro atoms. The summed E-state index contributed by atoms with van der Waals surface area (Å²) in [6.45, 7) is 1.62. The first kappa shape index (κ1) is 11.1. The summed E-state index contributed by atoms with van der Waals surface area (Å²) >= 11 is 2.01. The van der Waals surface area contributed by atoms with Crippen molar-refractivity contribution in [2.75, 3.05) is 31.7 Å². The molecule has 2 aliphatic rings. The van der Waals surface area contributed by atoms with Crippen LogP contribution in [0.15, 0.2) is 0 Å². The molecule has 2 saturated heterocycles. The third-order valence-corrected chi connectivity index (χ3v) is 4.18. The number of methoxy groups -OCH3 is 1. The third-order valence-electron chi connectivity index (χ3n) is 3.02. The highest BCUT2D eigenvalue weighted by Gasteiger charge is 2.28. The van der Waals surface area contributed by atoms with Crippen LogP contribution in [0, 0.1) is 0 Å². The first-order chi connectivity index (χ1) is 7.29. The molecule has 0 aliphatic carbocycles. The predicted molar refractivity (Wildman–Crippen MR) is 61.2 cm³/mol. The third kappa shape index (κ3) is 2.78. The molecule has 0 aromatic rings. The molecule has 2 heterocycles. The van der Waals surface area contributed by atoms with Gasteiger partial charge in [0.05, 0.1) is 7.11 Å². The number of nitrogens with zero attached hydrogens (tertiary/aromatic N) is 1. The monoisotopic (exact) mass is 230 g/mol. The summed E-state index contributed by atoms with van der Waals surface area (Å²) in [5, 5.41) is 3.62. The van der Waals surface area contributed by atoms with Crippen LogP contribution in [-0.2, 0) is 4.74 Å². The van der Waals surface area contributed by atoms with E-state index >= 15 is 0 Å². The number of carbonyl (C=O) groups excluding carboxylic acids is 1. The zero-order valence-electron chi connectivity index (χ0n) is 9.07. The standard InChI is InChI=1S/C10H18N2O2S/c1-14-10(13)12-4-2-8(6-12)11-9-3-5-15-7-9/h8-9,11H,2-7H2,1H3. The Balaban J connectivity index is 1.74. The van der Waals surface area contributed by atoms with Gasteiger partial charge in [-0.2, -0.15) is 11.8 Å². The van der Waals surface area contributed by atoms with E-state index in [1.807, 2.05) is 11.8 Å². The molecule has 2 atom stereocenters. The van der Waals surface area contributed by atoms with E-state index < -0.39 is 0 Å². The van der Waals surface area contributed by atoms with Crippen LogP contribution in [0.4, 0.5) is 4.79 Å². The number of rotatable bonds is 2. The molecule has 0 radical (unpaired) electrons. The highest BCUT2D eigenvalue weighted by Crippen LogP contribution is 2.19. The minimum atomic E-state index is -0.194. The van der Waals surface area contributed by atoms with Crippen molar-refractivity contribution in [3.05, 3.63) is 0 Å². The maximum Gasteiger partial charge on any atom is 0.409 e. The average Bonchev–Trinajstić information content (AvgIpc) is 2.88. The number of thioether (sulfide) groups is 1. The van der Waals surface area contributed by atoms with Gasteiger partial charge in [-0.15, -0.1) is 0 Å². The Hall–Kier alpha value is -0.420. The Morgan fingerprint density at radius 1 is 1.47 bits per heavy atom. The minimum absolute atomic E-state index is 0.194. The SMILES string of the molecule is COC(=O)N1CCC(NC2CCSC2)C1. The van der Waals surface area contributed by atoms with Crippen molar-refractivity contribution < 1.29 is 9.53 Å². The summed E-state index contributed by atoms with van der Waals surface area (Å²) in [4.78, 5) is 13.0. The van der Waals surface area contributed by atoms with Gasteiger partial charge in [-0.3, -0.25) is 0 Å². The highest BCUT2D eigenvalue weighted by atomic mass is 32.2. The van der Waals surface area contributed by atoms with Crippen LogP contribution in [-0.4, -0.2) is 54.8 Å².